The highest BCUT2D eigenvalue weighted by Crippen LogP contribution is 2.18. The zero-order chi connectivity index (χ0) is 13.8. The molecule has 1 aromatic heterocycles. The lowest BCUT2D eigenvalue weighted by atomic mass is 10.2. The van der Waals surface area contributed by atoms with Gasteiger partial charge in [0, 0.05) is 10.6 Å². The standard InChI is InChI=1S/C13H13FN2O2S/c1-8-12(19-7-16-8)6-15-9-3-4-11(14)10(5-9)13(17)18-2/h3-5,7,15H,6H2,1-2H3. The second-order valence-corrected chi connectivity index (χ2v) is 4.84. The molecular formula is C13H13FN2O2S. The van der Waals surface area contributed by atoms with Gasteiger partial charge in [0.2, 0.25) is 0 Å². The van der Waals surface area contributed by atoms with E-state index in [1.54, 1.807) is 22.9 Å². The van der Waals surface area contributed by atoms with E-state index in [9.17, 15) is 9.18 Å². The van der Waals surface area contributed by atoms with E-state index in [1.165, 1.54) is 19.2 Å². The highest BCUT2D eigenvalue weighted by Gasteiger charge is 2.12. The van der Waals surface area contributed by atoms with Crippen molar-refractivity contribution in [2.45, 2.75) is 13.5 Å². The Morgan fingerprint density at radius 2 is 2.32 bits per heavy atom. The Hall–Kier alpha value is -1.95. The van der Waals surface area contributed by atoms with Crippen LogP contribution < -0.4 is 5.32 Å². The molecule has 0 spiro atoms. The number of esters is 1. The summed E-state index contributed by atoms with van der Waals surface area (Å²) in [5, 5.41) is 3.13. The number of thiazole rings is 1. The quantitative estimate of drug-likeness (QED) is 0.875. The van der Waals surface area contributed by atoms with E-state index < -0.39 is 11.8 Å². The molecule has 19 heavy (non-hydrogen) atoms. The molecule has 1 heterocycles. The van der Waals surface area contributed by atoms with Gasteiger partial charge < -0.3 is 10.1 Å². The van der Waals surface area contributed by atoms with Crippen LogP contribution in [0.2, 0.25) is 0 Å². The number of rotatable bonds is 4. The van der Waals surface area contributed by atoms with Crippen LogP contribution in [0.4, 0.5) is 10.1 Å². The molecule has 0 atom stereocenters. The fraction of sp³-hybridized carbons (Fsp3) is 0.231. The molecule has 0 fully saturated rings. The lowest BCUT2D eigenvalue weighted by Gasteiger charge is -2.08. The number of carbonyl (C=O) groups excluding carboxylic acids is 1. The molecule has 1 aromatic carbocycles. The molecule has 1 N–H and O–H groups in total. The summed E-state index contributed by atoms with van der Waals surface area (Å²) >= 11 is 1.55. The monoisotopic (exact) mass is 280 g/mol. The van der Waals surface area contributed by atoms with Crippen LogP contribution >= 0.6 is 11.3 Å². The molecule has 0 unspecified atom stereocenters. The number of methoxy groups -OCH3 is 1. The summed E-state index contributed by atoms with van der Waals surface area (Å²) in [5.74, 6) is -1.28. The van der Waals surface area contributed by atoms with E-state index >= 15 is 0 Å². The third-order valence-corrected chi connectivity index (χ3v) is 3.60. The summed E-state index contributed by atoms with van der Waals surface area (Å²) in [4.78, 5) is 16.6. The largest absolute Gasteiger partial charge is 0.465 e. The first-order valence-corrected chi connectivity index (χ1v) is 6.50. The van der Waals surface area contributed by atoms with Crippen LogP contribution in [0.15, 0.2) is 23.7 Å². The van der Waals surface area contributed by atoms with E-state index in [2.05, 4.69) is 15.0 Å². The molecule has 2 aromatic rings. The van der Waals surface area contributed by atoms with Gasteiger partial charge in [0.15, 0.2) is 0 Å². The topological polar surface area (TPSA) is 51.2 Å². The first-order chi connectivity index (χ1) is 9.11. The zero-order valence-electron chi connectivity index (χ0n) is 10.6. The molecule has 0 amide bonds. The number of benzene rings is 1. The first-order valence-electron chi connectivity index (χ1n) is 5.62. The van der Waals surface area contributed by atoms with E-state index in [0.717, 1.165) is 10.6 Å². The number of anilines is 1. The first kappa shape index (κ1) is 13.5. The van der Waals surface area contributed by atoms with Crippen LogP contribution in [0.1, 0.15) is 20.9 Å². The van der Waals surface area contributed by atoms with Crippen molar-refractivity contribution < 1.29 is 13.9 Å². The van der Waals surface area contributed by atoms with Gasteiger partial charge in [0.05, 0.1) is 30.4 Å². The summed E-state index contributed by atoms with van der Waals surface area (Å²) in [6, 6.07) is 4.27. The van der Waals surface area contributed by atoms with Crippen molar-refractivity contribution in [3.05, 3.63) is 45.7 Å². The number of halogens is 1. The summed E-state index contributed by atoms with van der Waals surface area (Å²) in [6.45, 7) is 2.51. The average Bonchev–Trinajstić information content (AvgIpc) is 2.82. The van der Waals surface area contributed by atoms with Gasteiger partial charge in [-0.15, -0.1) is 11.3 Å². The lowest BCUT2D eigenvalue weighted by molar-refractivity contribution is 0.0595. The number of nitrogens with zero attached hydrogens (tertiary/aromatic N) is 1. The predicted molar refractivity (Wildman–Crippen MR) is 71.9 cm³/mol. The van der Waals surface area contributed by atoms with Crippen LogP contribution in [0.5, 0.6) is 0 Å². The smallest absolute Gasteiger partial charge is 0.340 e. The average molecular weight is 280 g/mol. The minimum absolute atomic E-state index is 0.0754. The second-order valence-electron chi connectivity index (χ2n) is 3.90. The minimum Gasteiger partial charge on any atom is -0.465 e. The SMILES string of the molecule is COC(=O)c1cc(NCc2scnc2C)ccc1F. The number of nitrogens with one attached hydrogen (secondary N) is 1. The molecule has 0 saturated carbocycles. The van der Waals surface area contributed by atoms with Gasteiger partial charge in [-0.1, -0.05) is 0 Å². The Bertz CT molecular complexity index is 598. The molecule has 0 aliphatic carbocycles. The summed E-state index contributed by atoms with van der Waals surface area (Å²) in [6.07, 6.45) is 0. The van der Waals surface area contributed by atoms with Gasteiger partial charge in [-0.05, 0) is 25.1 Å². The van der Waals surface area contributed by atoms with Crippen LogP contribution in [0.3, 0.4) is 0 Å². The van der Waals surface area contributed by atoms with Crippen molar-refractivity contribution in [3.63, 3.8) is 0 Å². The van der Waals surface area contributed by atoms with Crippen molar-refractivity contribution in [2.75, 3.05) is 12.4 Å². The third kappa shape index (κ3) is 3.08. The normalized spacial score (nSPS) is 10.3. The van der Waals surface area contributed by atoms with Gasteiger partial charge in [-0.2, -0.15) is 0 Å². The summed E-state index contributed by atoms with van der Waals surface area (Å²) in [5.41, 5.74) is 3.33. The molecule has 2 rings (SSSR count). The van der Waals surface area contributed by atoms with Crippen molar-refractivity contribution in [2.24, 2.45) is 0 Å². The van der Waals surface area contributed by atoms with Crippen LogP contribution in [-0.4, -0.2) is 18.1 Å². The van der Waals surface area contributed by atoms with Gasteiger partial charge in [-0.3, -0.25) is 0 Å². The molecule has 4 nitrogen and oxygen atoms in total. The summed E-state index contributed by atoms with van der Waals surface area (Å²) in [7, 11) is 1.22. The molecule has 0 radical (unpaired) electrons. The second kappa shape index (κ2) is 5.79. The van der Waals surface area contributed by atoms with E-state index in [-0.39, 0.29) is 5.56 Å². The van der Waals surface area contributed by atoms with E-state index in [4.69, 9.17) is 0 Å². The van der Waals surface area contributed by atoms with Gasteiger partial charge in [-0.25, -0.2) is 14.2 Å². The van der Waals surface area contributed by atoms with Crippen molar-refractivity contribution >= 4 is 23.0 Å². The molecule has 0 aliphatic rings. The highest BCUT2D eigenvalue weighted by molar-refractivity contribution is 7.09. The van der Waals surface area contributed by atoms with Gasteiger partial charge in [0.1, 0.15) is 5.82 Å². The number of carbonyl (C=O) groups is 1. The number of aryl methyl sites for hydroxylation is 1. The van der Waals surface area contributed by atoms with E-state index in [1.807, 2.05) is 6.92 Å². The fourth-order valence-electron chi connectivity index (χ4n) is 1.58. The molecular weight excluding hydrogens is 267 g/mol. The molecule has 0 bridgehead atoms. The van der Waals surface area contributed by atoms with E-state index in [0.29, 0.717) is 12.2 Å². The van der Waals surface area contributed by atoms with Crippen LogP contribution in [0.25, 0.3) is 0 Å². The Morgan fingerprint density at radius 3 is 2.95 bits per heavy atom. The Labute approximate surface area is 114 Å². The fourth-order valence-corrected chi connectivity index (χ4v) is 2.30. The third-order valence-electron chi connectivity index (χ3n) is 2.67. The number of hydrogen-bond donors (Lipinski definition) is 1. The van der Waals surface area contributed by atoms with Crippen molar-refractivity contribution in [3.8, 4) is 0 Å². The zero-order valence-corrected chi connectivity index (χ0v) is 11.4. The summed E-state index contributed by atoms with van der Waals surface area (Å²) < 4.78 is 18.0. The molecule has 0 aliphatic heterocycles. The van der Waals surface area contributed by atoms with Gasteiger partial charge in [0.25, 0.3) is 0 Å². The lowest BCUT2D eigenvalue weighted by Crippen LogP contribution is -2.06. The number of aromatic nitrogens is 1. The number of ether oxygens (including phenoxy) is 1. The molecule has 0 saturated heterocycles. The Balaban J connectivity index is 2.13. The maximum absolute atomic E-state index is 13.4. The van der Waals surface area contributed by atoms with Crippen molar-refractivity contribution in [1.82, 2.24) is 4.98 Å². The van der Waals surface area contributed by atoms with Crippen LogP contribution in [0, 0.1) is 12.7 Å². The Kier molecular flexibility index (Phi) is 4.11. The highest BCUT2D eigenvalue weighted by atomic mass is 32.1. The maximum Gasteiger partial charge on any atom is 0.340 e. The molecule has 6 heteroatoms. The minimum atomic E-state index is -0.685. The maximum atomic E-state index is 13.4. The van der Waals surface area contributed by atoms with Gasteiger partial charge >= 0.3 is 5.97 Å². The number of hydrogen-bond acceptors (Lipinski definition) is 5. The van der Waals surface area contributed by atoms with Crippen molar-refractivity contribution in [1.29, 1.82) is 0 Å². The van der Waals surface area contributed by atoms with Crippen LogP contribution in [-0.2, 0) is 11.3 Å². The molecule has 100 valence electrons. The predicted octanol–water partition coefficient (Wildman–Crippen LogP) is 2.99. The Morgan fingerprint density at radius 1 is 1.53 bits per heavy atom.